The van der Waals surface area contributed by atoms with Crippen LogP contribution in [0.1, 0.15) is 23.3 Å². The highest BCUT2D eigenvalue weighted by atomic mass is 16.3. The number of likely N-dealkylation sites (tertiary alicyclic amines) is 1. The Morgan fingerprint density at radius 2 is 1.96 bits per heavy atom. The van der Waals surface area contributed by atoms with E-state index in [0.29, 0.717) is 13.1 Å². The van der Waals surface area contributed by atoms with Crippen molar-refractivity contribution in [3.05, 3.63) is 65.6 Å². The summed E-state index contributed by atoms with van der Waals surface area (Å²) in [7, 11) is 0. The topological polar surface area (TPSA) is 62.6 Å². The molecule has 1 saturated heterocycles. The quantitative estimate of drug-likeness (QED) is 0.774. The van der Waals surface area contributed by atoms with Crippen LogP contribution in [0.4, 0.5) is 5.69 Å². The second-order valence-electron chi connectivity index (χ2n) is 7.36. The predicted octanol–water partition coefficient (Wildman–Crippen LogP) is 3.52. The second kappa shape index (κ2) is 6.27. The molecule has 0 bridgehead atoms. The molecule has 1 N–H and O–H groups in total. The summed E-state index contributed by atoms with van der Waals surface area (Å²) in [5.41, 5.74) is 3.53. The normalized spacial score (nSPS) is 18.4. The maximum atomic E-state index is 12.8. The Bertz CT molecular complexity index is 1030. The standard InChI is InChI=1S/C22H20N2O3/c25-20-11-16(12-24(20)13-17-4-2-10-27-17)22(26)23-19-9-8-15-7-6-14-3-1-5-18(19)21(14)15/h1-5,8-10,16H,6-7,11-13H2,(H,23,26). The molecule has 1 aliphatic heterocycles. The van der Waals surface area contributed by atoms with E-state index in [1.807, 2.05) is 18.2 Å². The van der Waals surface area contributed by atoms with Crippen LogP contribution in [0.2, 0.25) is 0 Å². The van der Waals surface area contributed by atoms with Gasteiger partial charge >= 0.3 is 0 Å². The molecular formula is C22H20N2O3. The van der Waals surface area contributed by atoms with Gasteiger partial charge in [0.25, 0.3) is 0 Å². The van der Waals surface area contributed by atoms with Gasteiger partial charge in [-0.1, -0.05) is 24.3 Å². The summed E-state index contributed by atoms with van der Waals surface area (Å²) in [4.78, 5) is 26.8. The molecule has 136 valence electrons. The number of rotatable bonds is 4. The Labute approximate surface area is 157 Å². The van der Waals surface area contributed by atoms with E-state index in [1.165, 1.54) is 16.5 Å². The van der Waals surface area contributed by atoms with Crippen LogP contribution < -0.4 is 5.32 Å². The smallest absolute Gasteiger partial charge is 0.229 e. The van der Waals surface area contributed by atoms with Gasteiger partial charge in [0.1, 0.15) is 5.76 Å². The van der Waals surface area contributed by atoms with Crippen molar-refractivity contribution in [3.8, 4) is 0 Å². The zero-order valence-electron chi connectivity index (χ0n) is 14.9. The number of hydrogen-bond acceptors (Lipinski definition) is 3. The Kier molecular flexibility index (Phi) is 3.74. The third kappa shape index (κ3) is 2.79. The first-order chi connectivity index (χ1) is 13.2. The molecule has 1 unspecified atom stereocenters. The first-order valence-corrected chi connectivity index (χ1v) is 9.33. The van der Waals surface area contributed by atoms with Gasteiger partial charge in [0.2, 0.25) is 11.8 Å². The average Bonchev–Trinajstić information content (AvgIpc) is 3.40. The molecule has 2 aromatic carbocycles. The van der Waals surface area contributed by atoms with Crippen LogP contribution in [0, 0.1) is 5.92 Å². The number of furan rings is 1. The van der Waals surface area contributed by atoms with E-state index in [0.717, 1.165) is 29.7 Å². The lowest BCUT2D eigenvalue weighted by Crippen LogP contribution is -2.28. The first-order valence-electron chi connectivity index (χ1n) is 9.33. The van der Waals surface area contributed by atoms with E-state index in [-0.39, 0.29) is 24.2 Å². The van der Waals surface area contributed by atoms with Crippen molar-refractivity contribution < 1.29 is 14.0 Å². The number of anilines is 1. The van der Waals surface area contributed by atoms with E-state index >= 15 is 0 Å². The minimum absolute atomic E-state index is 0.00745. The van der Waals surface area contributed by atoms with Gasteiger partial charge in [-0.15, -0.1) is 0 Å². The lowest BCUT2D eigenvalue weighted by atomic mass is 10.0. The van der Waals surface area contributed by atoms with Crippen LogP contribution in [0.3, 0.4) is 0 Å². The molecule has 0 saturated carbocycles. The van der Waals surface area contributed by atoms with Crippen molar-refractivity contribution in [2.45, 2.75) is 25.8 Å². The summed E-state index contributed by atoms with van der Waals surface area (Å²) < 4.78 is 5.32. The summed E-state index contributed by atoms with van der Waals surface area (Å²) >= 11 is 0. The van der Waals surface area contributed by atoms with Crippen molar-refractivity contribution in [2.75, 3.05) is 11.9 Å². The van der Waals surface area contributed by atoms with Gasteiger partial charge < -0.3 is 14.6 Å². The predicted molar refractivity (Wildman–Crippen MR) is 102 cm³/mol. The molecule has 5 nitrogen and oxygen atoms in total. The Balaban J connectivity index is 1.34. The zero-order chi connectivity index (χ0) is 18.4. The molecule has 1 aliphatic carbocycles. The Morgan fingerprint density at radius 3 is 2.78 bits per heavy atom. The minimum atomic E-state index is -0.338. The lowest BCUT2D eigenvalue weighted by molar-refractivity contribution is -0.128. The van der Waals surface area contributed by atoms with Crippen LogP contribution >= 0.6 is 0 Å². The monoisotopic (exact) mass is 360 g/mol. The number of hydrogen-bond donors (Lipinski definition) is 1. The van der Waals surface area contributed by atoms with Gasteiger partial charge in [0.15, 0.2) is 0 Å². The number of carbonyl (C=O) groups is 2. The third-order valence-corrected chi connectivity index (χ3v) is 5.65. The molecule has 0 radical (unpaired) electrons. The molecule has 1 fully saturated rings. The average molecular weight is 360 g/mol. The molecule has 3 aromatic rings. The molecule has 5 rings (SSSR count). The van der Waals surface area contributed by atoms with Crippen LogP contribution in [0.15, 0.2) is 53.1 Å². The molecule has 1 atom stereocenters. The number of amides is 2. The SMILES string of the molecule is O=C(Nc1ccc2c3c(cccc13)CC2)C1CC(=O)N(Cc2ccco2)C1. The van der Waals surface area contributed by atoms with E-state index in [1.54, 1.807) is 17.2 Å². The summed E-state index contributed by atoms with van der Waals surface area (Å²) in [5, 5.41) is 5.43. The van der Waals surface area contributed by atoms with Crippen LogP contribution in [0.25, 0.3) is 10.8 Å². The number of benzene rings is 2. The van der Waals surface area contributed by atoms with Gasteiger partial charge in [0, 0.05) is 24.0 Å². The van der Waals surface area contributed by atoms with Crippen molar-refractivity contribution in [3.63, 3.8) is 0 Å². The lowest BCUT2D eigenvalue weighted by Gasteiger charge is -2.16. The molecule has 0 spiro atoms. The molecule has 5 heteroatoms. The highest BCUT2D eigenvalue weighted by Gasteiger charge is 2.35. The molecule has 27 heavy (non-hydrogen) atoms. The Hall–Kier alpha value is -3.08. The van der Waals surface area contributed by atoms with Crippen LogP contribution in [-0.4, -0.2) is 23.3 Å². The number of aryl methyl sites for hydroxylation is 2. The Morgan fingerprint density at radius 1 is 1.11 bits per heavy atom. The molecule has 2 aliphatic rings. The van der Waals surface area contributed by atoms with Crippen molar-refractivity contribution in [1.29, 1.82) is 0 Å². The third-order valence-electron chi connectivity index (χ3n) is 5.65. The molecule has 1 aromatic heterocycles. The van der Waals surface area contributed by atoms with E-state index < -0.39 is 0 Å². The maximum Gasteiger partial charge on any atom is 0.229 e. The fourth-order valence-electron chi connectivity index (χ4n) is 4.28. The highest BCUT2D eigenvalue weighted by molar-refractivity contribution is 6.06. The van der Waals surface area contributed by atoms with Gasteiger partial charge in [0.05, 0.1) is 18.7 Å². The van der Waals surface area contributed by atoms with Crippen molar-refractivity contribution >= 4 is 28.3 Å². The number of carbonyl (C=O) groups excluding carboxylic acids is 2. The van der Waals surface area contributed by atoms with Gasteiger partial charge in [-0.25, -0.2) is 0 Å². The number of nitrogens with one attached hydrogen (secondary N) is 1. The summed E-state index contributed by atoms with van der Waals surface area (Å²) in [6.07, 6.45) is 3.95. The van der Waals surface area contributed by atoms with E-state index in [4.69, 9.17) is 4.42 Å². The van der Waals surface area contributed by atoms with Crippen molar-refractivity contribution in [2.24, 2.45) is 5.92 Å². The fourth-order valence-corrected chi connectivity index (χ4v) is 4.28. The minimum Gasteiger partial charge on any atom is -0.467 e. The largest absolute Gasteiger partial charge is 0.467 e. The van der Waals surface area contributed by atoms with Gasteiger partial charge in [-0.05, 0) is 47.6 Å². The number of nitrogens with zero attached hydrogens (tertiary/aromatic N) is 1. The molecule has 2 amide bonds. The van der Waals surface area contributed by atoms with Crippen LogP contribution in [0.5, 0.6) is 0 Å². The summed E-state index contributed by atoms with van der Waals surface area (Å²) in [5.74, 6) is 0.295. The van der Waals surface area contributed by atoms with Crippen molar-refractivity contribution in [1.82, 2.24) is 4.90 Å². The highest BCUT2D eigenvalue weighted by Crippen LogP contribution is 2.35. The first kappa shape index (κ1) is 16.1. The summed E-state index contributed by atoms with van der Waals surface area (Å²) in [6.45, 7) is 0.837. The van der Waals surface area contributed by atoms with Crippen LogP contribution in [-0.2, 0) is 29.0 Å². The molecule has 2 heterocycles. The molecular weight excluding hydrogens is 340 g/mol. The summed E-state index contributed by atoms with van der Waals surface area (Å²) in [6, 6.07) is 14.0. The zero-order valence-corrected chi connectivity index (χ0v) is 14.9. The fraction of sp³-hybridized carbons (Fsp3) is 0.273. The second-order valence-corrected chi connectivity index (χ2v) is 7.36. The maximum absolute atomic E-state index is 12.8. The van der Waals surface area contributed by atoms with E-state index in [9.17, 15) is 9.59 Å². The van der Waals surface area contributed by atoms with Gasteiger partial charge in [-0.2, -0.15) is 0 Å². The van der Waals surface area contributed by atoms with E-state index in [2.05, 4.69) is 23.5 Å². The van der Waals surface area contributed by atoms with Gasteiger partial charge in [-0.3, -0.25) is 9.59 Å².